The summed E-state index contributed by atoms with van der Waals surface area (Å²) in [6.45, 7) is 2.24. The van der Waals surface area contributed by atoms with Gasteiger partial charge in [-0.3, -0.25) is 0 Å². The Labute approximate surface area is 62.2 Å². The van der Waals surface area contributed by atoms with Gasteiger partial charge in [0, 0.05) is 18.1 Å². The molecule has 0 aliphatic carbocycles. The number of fused-ring (bicyclic) bond motifs is 2. The molecule has 3 N–H and O–H groups in total. The van der Waals surface area contributed by atoms with Crippen LogP contribution in [0.3, 0.4) is 0 Å². The molecule has 0 aromatic heterocycles. The van der Waals surface area contributed by atoms with E-state index < -0.39 is 0 Å². The van der Waals surface area contributed by atoms with Crippen LogP contribution in [0.5, 0.6) is 0 Å². The lowest BCUT2D eigenvalue weighted by Crippen LogP contribution is -2.39. The lowest BCUT2D eigenvalue weighted by molar-refractivity contribution is 0.348. The monoisotopic (exact) mass is 140 g/mol. The minimum absolute atomic E-state index is 0.448. The maximum atomic E-state index is 6.01. The summed E-state index contributed by atoms with van der Waals surface area (Å²) >= 11 is 0. The molecule has 0 aromatic rings. The molecule has 2 aliphatic heterocycles. The second-order valence-electron chi connectivity index (χ2n) is 3.61. The Hall–Kier alpha value is -0.0800. The maximum absolute atomic E-state index is 6.01. The summed E-state index contributed by atoms with van der Waals surface area (Å²) in [6.07, 6.45) is 3.91. The van der Waals surface area contributed by atoms with Crippen molar-refractivity contribution in [3.63, 3.8) is 0 Å². The maximum Gasteiger partial charge on any atom is 0.0238 e. The summed E-state index contributed by atoms with van der Waals surface area (Å²) in [5, 5.41) is 3.55. The predicted octanol–water partition coefficient (Wildman–Crippen LogP) is 0.474. The van der Waals surface area contributed by atoms with Crippen molar-refractivity contribution in [1.82, 2.24) is 5.32 Å². The third kappa shape index (κ3) is 0.722. The molecule has 58 valence electrons. The standard InChI is InChI=1S/C8H16N2/c1-2-5-6-3-4-7(10-6)8(5)9/h5-8,10H,2-4,9H2,1H3. The van der Waals surface area contributed by atoms with E-state index >= 15 is 0 Å². The molecule has 2 heterocycles. The topological polar surface area (TPSA) is 38.0 Å². The van der Waals surface area contributed by atoms with Crippen molar-refractivity contribution in [2.24, 2.45) is 11.7 Å². The predicted molar refractivity (Wildman–Crippen MR) is 41.7 cm³/mol. The van der Waals surface area contributed by atoms with Crippen molar-refractivity contribution < 1.29 is 0 Å². The summed E-state index contributed by atoms with van der Waals surface area (Å²) in [5.74, 6) is 0.763. The van der Waals surface area contributed by atoms with Crippen LogP contribution in [0.1, 0.15) is 26.2 Å². The smallest absolute Gasteiger partial charge is 0.0238 e. The zero-order valence-electron chi connectivity index (χ0n) is 6.51. The quantitative estimate of drug-likeness (QED) is 0.556. The van der Waals surface area contributed by atoms with Crippen molar-refractivity contribution in [3.05, 3.63) is 0 Å². The third-order valence-electron chi connectivity index (χ3n) is 3.16. The molecule has 0 saturated carbocycles. The first-order chi connectivity index (χ1) is 4.83. The van der Waals surface area contributed by atoms with Crippen LogP contribution < -0.4 is 11.1 Å². The van der Waals surface area contributed by atoms with Crippen LogP contribution >= 0.6 is 0 Å². The van der Waals surface area contributed by atoms with Crippen LogP contribution in [0.15, 0.2) is 0 Å². The van der Waals surface area contributed by atoms with E-state index in [1.807, 2.05) is 0 Å². The number of nitrogens with one attached hydrogen (secondary N) is 1. The van der Waals surface area contributed by atoms with Gasteiger partial charge in [-0.2, -0.15) is 0 Å². The van der Waals surface area contributed by atoms with Crippen LogP contribution in [-0.2, 0) is 0 Å². The Morgan fingerprint density at radius 1 is 1.40 bits per heavy atom. The zero-order chi connectivity index (χ0) is 7.14. The second-order valence-corrected chi connectivity index (χ2v) is 3.61. The zero-order valence-corrected chi connectivity index (χ0v) is 6.51. The average Bonchev–Trinajstić information content (AvgIpc) is 2.46. The van der Waals surface area contributed by atoms with E-state index in [0.717, 1.165) is 12.0 Å². The molecule has 2 fully saturated rings. The van der Waals surface area contributed by atoms with Gasteiger partial charge in [-0.1, -0.05) is 13.3 Å². The third-order valence-corrected chi connectivity index (χ3v) is 3.16. The fourth-order valence-electron chi connectivity index (χ4n) is 2.57. The van der Waals surface area contributed by atoms with Gasteiger partial charge in [-0.15, -0.1) is 0 Å². The number of rotatable bonds is 1. The van der Waals surface area contributed by atoms with Gasteiger partial charge in [0.2, 0.25) is 0 Å². The normalized spacial score (nSPS) is 52.2. The number of hydrogen-bond donors (Lipinski definition) is 2. The van der Waals surface area contributed by atoms with E-state index in [2.05, 4.69) is 12.2 Å². The van der Waals surface area contributed by atoms with Crippen molar-refractivity contribution in [2.45, 2.75) is 44.3 Å². The Morgan fingerprint density at radius 3 is 2.50 bits per heavy atom. The lowest BCUT2D eigenvalue weighted by Gasteiger charge is -2.24. The van der Waals surface area contributed by atoms with Gasteiger partial charge in [0.25, 0.3) is 0 Å². The molecule has 0 radical (unpaired) electrons. The van der Waals surface area contributed by atoms with E-state index in [0.29, 0.717) is 12.1 Å². The first-order valence-corrected chi connectivity index (χ1v) is 4.34. The lowest BCUT2D eigenvalue weighted by atomic mass is 9.83. The summed E-state index contributed by atoms with van der Waals surface area (Å²) < 4.78 is 0. The van der Waals surface area contributed by atoms with Gasteiger partial charge in [0.05, 0.1) is 0 Å². The molecule has 2 nitrogen and oxygen atoms in total. The van der Waals surface area contributed by atoms with Crippen LogP contribution in [-0.4, -0.2) is 18.1 Å². The van der Waals surface area contributed by atoms with Crippen molar-refractivity contribution in [1.29, 1.82) is 0 Å². The van der Waals surface area contributed by atoms with E-state index in [1.54, 1.807) is 0 Å². The molecule has 2 rings (SSSR count). The first kappa shape index (κ1) is 6.62. The molecular weight excluding hydrogens is 124 g/mol. The molecule has 0 amide bonds. The van der Waals surface area contributed by atoms with E-state index in [4.69, 9.17) is 5.73 Å². The highest BCUT2D eigenvalue weighted by molar-refractivity contribution is 5.05. The van der Waals surface area contributed by atoms with Gasteiger partial charge in [-0.25, -0.2) is 0 Å². The Bertz CT molecular complexity index is 133. The molecule has 0 spiro atoms. The fraction of sp³-hybridized carbons (Fsp3) is 1.00. The van der Waals surface area contributed by atoms with Crippen molar-refractivity contribution in [2.75, 3.05) is 0 Å². The Kier molecular flexibility index (Phi) is 1.46. The SMILES string of the molecule is CCC1C2CCC(N2)C1N. The van der Waals surface area contributed by atoms with Crippen LogP contribution in [0, 0.1) is 5.92 Å². The molecule has 2 saturated heterocycles. The minimum Gasteiger partial charge on any atom is -0.326 e. The molecule has 4 unspecified atom stereocenters. The van der Waals surface area contributed by atoms with E-state index in [-0.39, 0.29) is 0 Å². The van der Waals surface area contributed by atoms with Crippen LogP contribution in [0.2, 0.25) is 0 Å². The molecule has 4 atom stereocenters. The summed E-state index contributed by atoms with van der Waals surface area (Å²) in [5.41, 5.74) is 6.01. The summed E-state index contributed by atoms with van der Waals surface area (Å²) in [4.78, 5) is 0. The second kappa shape index (κ2) is 2.21. The van der Waals surface area contributed by atoms with E-state index in [1.165, 1.54) is 19.3 Å². The average molecular weight is 140 g/mol. The van der Waals surface area contributed by atoms with Gasteiger partial charge >= 0.3 is 0 Å². The van der Waals surface area contributed by atoms with Crippen molar-refractivity contribution >= 4 is 0 Å². The molecule has 0 aromatic carbocycles. The summed E-state index contributed by atoms with van der Waals surface area (Å²) in [7, 11) is 0. The fourth-order valence-corrected chi connectivity index (χ4v) is 2.57. The van der Waals surface area contributed by atoms with Crippen LogP contribution in [0.25, 0.3) is 0 Å². The Balaban J connectivity index is 2.10. The summed E-state index contributed by atoms with van der Waals surface area (Å²) in [6, 6.07) is 1.85. The van der Waals surface area contributed by atoms with Gasteiger partial charge in [0.1, 0.15) is 0 Å². The van der Waals surface area contributed by atoms with Gasteiger partial charge in [0.15, 0.2) is 0 Å². The van der Waals surface area contributed by atoms with Crippen LogP contribution in [0.4, 0.5) is 0 Å². The molecular formula is C8H16N2. The molecule has 2 heteroatoms. The number of hydrogen-bond acceptors (Lipinski definition) is 2. The number of nitrogens with two attached hydrogens (primary N) is 1. The largest absolute Gasteiger partial charge is 0.326 e. The van der Waals surface area contributed by atoms with Gasteiger partial charge in [-0.05, 0) is 18.8 Å². The highest BCUT2D eigenvalue weighted by Crippen LogP contribution is 2.33. The highest BCUT2D eigenvalue weighted by atomic mass is 15.1. The highest BCUT2D eigenvalue weighted by Gasteiger charge is 2.43. The minimum atomic E-state index is 0.448. The van der Waals surface area contributed by atoms with Crippen molar-refractivity contribution in [3.8, 4) is 0 Å². The molecule has 2 aliphatic rings. The Morgan fingerprint density at radius 2 is 2.10 bits per heavy atom. The first-order valence-electron chi connectivity index (χ1n) is 4.34. The van der Waals surface area contributed by atoms with Gasteiger partial charge < -0.3 is 11.1 Å². The molecule has 2 bridgehead atoms. The molecule has 10 heavy (non-hydrogen) atoms. The van der Waals surface area contributed by atoms with E-state index in [9.17, 15) is 0 Å².